The van der Waals surface area contributed by atoms with Crippen LogP contribution in [-0.4, -0.2) is 38.5 Å². The van der Waals surface area contributed by atoms with Gasteiger partial charge in [0.05, 0.1) is 19.3 Å². The second-order valence-electron chi connectivity index (χ2n) is 4.17. The molecule has 0 radical (unpaired) electrons. The fraction of sp³-hybridized carbons (Fsp3) is 1.00. The highest BCUT2D eigenvalue weighted by molar-refractivity contribution is 4.81. The van der Waals surface area contributed by atoms with Gasteiger partial charge < -0.3 is 14.8 Å². The molecule has 3 heteroatoms. The Morgan fingerprint density at radius 3 is 2.87 bits per heavy atom. The van der Waals surface area contributed by atoms with Gasteiger partial charge in [-0.3, -0.25) is 0 Å². The van der Waals surface area contributed by atoms with Crippen molar-refractivity contribution in [1.29, 1.82) is 0 Å². The Kier molecular flexibility index (Phi) is 6.98. The average molecular weight is 215 g/mol. The van der Waals surface area contributed by atoms with E-state index in [0.717, 1.165) is 26.4 Å². The molecule has 1 fully saturated rings. The molecule has 0 amide bonds. The highest BCUT2D eigenvalue weighted by Gasteiger charge is 2.23. The molecule has 1 heterocycles. The van der Waals surface area contributed by atoms with Crippen molar-refractivity contribution >= 4 is 0 Å². The van der Waals surface area contributed by atoms with Crippen LogP contribution in [0.5, 0.6) is 0 Å². The fourth-order valence-electron chi connectivity index (χ4n) is 2.00. The minimum Gasteiger partial charge on any atom is -0.379 e. The van der Waals surface area contributed by atoms with Crippen molar-refractivity contribution in [1.82, 2.24) is 5.32 Å². The summed E-state index contributed by atoms with van der Waals surface area (Å²) in [6.07, 6.45) is 5.48. The van der Waals surface area contributed by atoms with Crippen molar-refractivity contribution in [3.8, 4) is 0 Å². The molecule has 1 aliphatic rings. The highest BCUT2D eigenvalue weighted by Crippen LogP contribution is 2.15. The van der Waals surface area contributed by atoms with Crippen LogP contribution in [0.4, 0.5) is 0 Å². The molecule has 0 aromatic carbocycles. The standard InChI is InChI=1S/C12H25NO2/c1-3-5-6-11-9-12(10-13-11)15-8-7-14-4-2/h11-13H,3-10H2,1-2H3/t11-,12-/m0/s1. The molecule has 1 rings (SSSR count). The Morgan fingerprint density at radius 2 is 2.13 bits per heavy atom. The quantitative estimate of drug-likeness (QED) is 0.628. The smallest absolute Gasteiger partial charge is 0.0715 e. The van der Waals surface area contributed by atoms with Crippen LogP contribution in [0, 0.1) is 0 Å². The highest BCUT2D eigenvalue weighted by atomic mass is 16.5. The van der Waals surface area contributed by atoms with Gasteiger partial charge in [0.1, 0.15) is 0 Å². The van der Waals surface area contributed by atoms with Crippen LogP contribution in [0.1, 0.15) is 39.5 Å². The molecule has 1 aliphatic heterocycles. The molecule has 0 bridgehead atoms. The summed E-state index contributed by atoms with van der Waals surface area (Å²) in [5, 5.41) is 3.52. The number of rotatable bonds is 8. The Bertz CT molecular complexity index is 153. The van der Waals surface area contributed by atoms with Gasteiger partial charge >= 0.3 is 0 Å². The van der Waals surface area contributed by atoms with E-state index in [2.05, 4.69) is 12.2 Å². The van der Waals surface area contributed by atoms with E-state index >= 15 is 0 Å². The van der Waals surface area contributed by atoms with E-state index in [1.54, 1.807) is 0 Å². The zero-order chi connectivity index (χ0) is 10.9. The summed E-state index contributed by atoms with van der Waals surface area (Å²) in [7, 11) is 0. The molecule has 0 unspecified atom stereocenters. The molecule has 0 aromatic heterocycles. The molecule has 1 N–H and O–H groups in total. The zero-order valence-electron chi connectivity index (χ0n) is 10.1. The van der Waals surface area contributed by atoms with Crippen LogP contribution in [0.25, 0.3) is 0 Å². The average Bonchev–Trinajstić information content (AvgIpc) is 2.69. The molecule has 0 spiro atoms. The SMILES string of the molecule is CCCC[C@H]1C[C@H](OCCOCC)CN1. The molecule has 0 aromatic rings. The van der Waals surface area contributed by atoms with Gasteiger partial charge in [0.2, 0.25) is 0 Å². The fourth-order valence-corrected chi connectivity index (χ4v) is 2.00. The molecule has 0 saturated carbocycles. The molecule has 1 saturated heterocycles. The molecule has 2 atom stereocenters. The third-order valence-electron chi connectivity index (χ3n) is 2.87. The first kappa shape index (κ1) is 12.9. The summed E-state index contributed by atoms with van der Waals surface area (Å²) in [6.45, 7) is 7.52. The molecular weight excluding hydrogens is 190 g/mol. The number of unbranched alkanes of at least 4 members (excludes halogenated alkanes) is 1. The molecule has 15 heavy (non-hydrogen) atoms. The van der Waals surface area contributed by atoms with Crippen LogP contribution < -0.4 is 5.32 Å². The summed E-state index contributed by atoms with van der Waals surface area (Å²) >= 11 is 0. The van der Waals surface area contributed by atoms with Crippen LogP contribution >= 0.6 is 0 Å². The maximum Gasteiger partial charge on any atom is 0.0715 e. The van der Waals surface area contributed by atoms with Crippen molar-refractivity contribution in [3.63, 3.8) is 0 Å². The molecule has 90 valence electrons. The van der Waals surface area contributed by atoms with E-state index in [1.807, 2.05) is 6.92 Å². The van der Waals surface area contributed by atoms with E-state index in [4.69, 9.17) is 9.47 Å². The van der Waals surface area contributed by atoms with Crippen molar-refractivity contribution in [2.45, 2.75) is 51.7 Å². The topological polar surface area (TPSA) is 30.5 Å². The minimum absolute atomic E-state index is 0.410. The maximum absolute atomic E-state index is 5.73. The Balaban J connectivity index is 1.98. The third kappa shape index (κ3) is 5.50. The van der Waals surface area contributed by atoms with Gasteiger partial charge in [-0.05, 0) is 19.8 Å². The maximum atomic E-state index is 5.73. The lowest BCUT2D eigenvalue weighted by Crippen LogP contribution is -2.21. The van der Waals surface area contributed by atoms with Gasteiger partial charge in [-0.2, -0.15) is 0 Å². The van der Waals surface area contributed by atoms with E-state index in [9.17, 15) is 0 Å². The largest absolute Gasteiger partial charge is 0.379 e. The van der Waals surface area contributed by atoms with Crippen molar-refractivity contribution in [3.05, 3.63) is 0 Å². The third-order valence-corrected chi connectivity index (χ3v) is 2.87. The zero-order valence-corrected chi connectivity index (χ0v) is 10.1. The monoisotopic (exact) mass is 215 g/mol. The first-order valence-electron chi connectivity index (χ1n) is 6.29. The number of hydrogen-bond donors (Lipinski definition) is 1. The van der Waals surface area contributed by atoms with E-state index < -0.39 is 0 Å². The van der Waals surface area contributed by atoms with E-state index in [0.29, 0.717) is 12.1 Å². The van der Waals surface area contributed by atoms with Crippen LogP contribution in [0.2, 0.25) is 0 Å². The van der Waals surface area contributed by atoms with Gasteiger partial charge in [0.15, 0.2) is 0 Å². The molecular formula is C12H25NO2. The number of hydrogen-bond acceptors (Lipinski definition) is 3. The van der Waals surface area contributed by atoms with Crippen molar-refractivity contribution in [2.75, 3.05) is 26.4 Å². The van der Waals surface area contributed by atoms with Crippen molar-refractivity contribution < 1.29 is 9.47 Å². The minimum atomic E-state index is 0.410. The molecule has 0 aliphatic carbocycles. The lowest BCUT2D eigenvalue weighted by atomic mass is 10.1. The predicted molar refractivity (Wildman–Crippen MR) is 62.2 cm³/mol. The normalized spacial score (nSPS) is 26.0. The van der Waals surface area contributed by atoms with Gasteiger partial charge in [-0.15, -0.1) is 0 Å². The number of nitrogens with one attached hydrogen (secondary N) is 1. The van der Waals surface area contributed by atoms with Gasteiger partial charge in [-0.1, -0.05) is 19.8 Å². The predicted octanol–water partition coefficient (Wildman–Crippen LogP) is 1.96. The first-order valence-corrected chi connectivity index (χ1v) is 6.29. The summed E-state index contributed by atoms with van der Waals surface area (Å²) in [6, 6.07) is 0.682. The summed E-state index contributed by atoms with van der Waals surface area (Å²) in [4.78, 5) is 0. The second-order valence-corrected chi connectivity index (χ2v) is 4.17. The Morgan fingerprint density at radius 1 is 1.27 bits per heavy atom. The van der Waals surface area contributed by atoms with Crippen molar-refractivity contribution in [2.24, 2.45) is 0 Å². The van der Waals surface area contributed by atoms with Gasteiger partial charge in [-0.25, -0.2) is 0 Å². The summed E-state index contributed by atoms with van der Waals surface area (Å²) in [5.41, 5.74) is 0. The number of ether oxygens (including phenoxy) is 2. The second kappa shape index (κ2) is 8.08. The van der Waals surface area contributed by atoms with Crippen LogP contribution in [-0.2, 0) is 9.47 Å². The van der Waals surface area contributed by atoms with Gasteiger partial charge in [0.25, 0.3) is 0 Å². The van der Waals surface area contributed by atoms with E-state index in [1.165, 1.54) is 25.7 Å². The first-order chi connectivity index (χ1) is 7.36. The Labute approximate surface area is 93.5 Å². The Hall–Kier alpha value is -0.120. The summed E-state index contributed by atoms with van der Waals surface area (Å²) in [5.74, 6) is 0. The molecule has 3 nitrogen and oxygen atoms in total. The van der Waals surface area contributed by atoms with Gasteiger partial charge in [0, 0.05) is 19.2 Å². The lowest BCUT2D eigenvalue weighted by molar-refractivity contribution is 0.0152. The van der Waals surface area contributed by atoms with E-state index in [-0.39, 0.29) is 0 Å². The van der Waals surface area contributed by atoms with Crippen LogP contribution in [0.3, 0.4) is 0 Å². The lowest BCUT2D eigenvalue weighted by Gasteiger charge is -2.11. The van der Waals surface area contributed by atoms with Crippen LogP contribution in [0.15, 0.2) is 0 Å². The summed E-state index contributed by atoms with van der Waals surface area (Å²) < 4.78 is 11.0.